The Bertz CT molecular complexity index is 319. The van der Waals surface area contributed by atoms with Crippen LogP contribution in [0.2, 0.25) is 0 Å². The van der Waals surface area contributed by atoms with Gasteiger partial charge in [0.2, 0.25) is 10.0 Å². The third kappa shape index (κ3) is 5.22. The zero-order chi connectivity index (χ0) is 13.4. The number of rotatable bonds is 7. The molecule has 6 heteroatoms. The Balaban J connectivity index is 2.45. The van der Waals surface area contributed by atoms with E-state index in [9.17, 15) is 8.42 Å². The van der Waals surface area contributed by atoms with E-state index >= 15 is 0 Å². The minimum atomic E-state index is -3.03. The maximum Gasteiger partial charge on any atom is 0.214 e. The number of nitrogens with two attached hydrogens (primary N) is 1. The fraction of sp³-hybridized carbons (Fsp3) is 1.00. The second-order valence-electron chi connectivity index (χ2n) is 4.91. The van der Waals surface area contributed by atoms with Gasteiger partial charge in [-0.05, 0) is 38.9 Å². The van der Waals surface area contributed by atoms with Crippen molar-refractivity contribution in [2.45, 2.75) is 32.6 Å². The van der Waals surface area contributed by atoms with Gasteiger partial charge in [-0.1, -0.05) is 13.3 Å². The Morgan fingerprint density at radius 3 is 2.56 bits per heavy atom. The van der Waals surface area contributed by atoms with Crippen LogP contribution in [0.25, 0.3) is 0 Å². The smallest absolute Gasteiger partial charge is 0.214 e. The number of hydrogen-bond donors (Lipinski definition) is 1. The van der Waals surface area contributed by atoms with Crippen molar-refractivity contribution in [3.8, 4) is 0 Å². The predicted octanol–water partition coefficient (Wildman–Crippen LogP) is 0.473. The van der Waals surface area contributed by atoms with Crippen LogP contribution in [0.4, 0.5) is 0 Å². The molecule has 1 saturated heterocycles. The van der Waals surface area contributed by atoms with E-state index in [0.29, 0.717) is 25.4 Å². The number of hydrogen-bond acceptors (Lipinski definition) is 4. The van der Waals surface area contributed by atoms with Gasteiger partial charge in [-0.15, -0.1) is 0 Å². The van der Waals surface area contributed by atoms with E-state index in [1.807, 2.05) is 6.92 Å². The van der Waals surface area contributed by atoms with Crippen LogP contribution in [-0.4, -0.2) is 62.6 Å². The monoisotopic (exact) mass is 277 g/mol. The largest absolute Gasteiger partial charge is 0.330 e. The molecule has 108 valence electrons. The van der Waals surface area contributed by atoms with E-state index in [-0.39, 0.29) is 0 Å². The van der Waals surface area contributed by atoms with Crippen LogP contribution in [-0.2, 0) is 10.0 Å². The van der Waals surface area contributed by atoms with Crippen LogP contribution in [0.3, 0.4) is 0 Å². The summed E-state index contributed by atoms with van der Waals surface area (Å²) in [5.74, 6) is 0.298. The summed E-state index contributed by atoms with van der Waals surface area (Å²) in [7, 11) is -3.03. The van der Waals surface area contributed by atoms with Crippen LogP contribution >= 0.6 is 0 Å². The molecule has 0 radical (unpaired) electrons. The van der Waals surface area contributed by atoms with Crippen LogP contribution in [0.15, 0.2) is 0 Å². The van der Waals surface area contributed by atoms with Crippen molar-refractivity contribution in [1.29, 1.82) is 0 Å². The third-order valence-electron chi connectivity index (χ3n) is 3.38. The molecule has 1 heterocycles. The Labute approximate surface area is 111 Å². The molecule has 2 N–H and O–H groups in total. The molecule has 5 nitrogen and oxygen atoms in total. The molecule has 0 atom stereocenters. The van der Waals surface area contributed by atoms with Gasteiger partial charge >= 0.3 is 0 Å². The summed E-state index contributed by atoms with van der Waals surface area (Å²) < 4.78 is 25.9. The molecule has 0 aromatic rings. The first-order valence-corrected chi connectivity index (χ1v) is 8.61. The van der Waals surface area contributed by atoms with Gasteiger partial charge in [-0.3, -0.25) is 0 Å². The third-order valence-corrected chi connectivity index (χ3v) is 5.33. The normalized spacial score (nSPS) is 19.9. The van der Waals surface area contributed by atoms with E-state index in [0.717, 1.165) is 45.3 Å². The van der Waals surface area contributed by atoms with Crippen LogP contribution in [0.5, 0.6) is 0 Å². The molecule has 0 aromatic carbocycles. The molecule has 1 aliphatic heterocycles. The summed E-state index contributed by atoms with van der Waals surface area (Å²) in [5.41, 5.74) is 5.50. The van der Waals surface area contributed by atoms with Crippen molar-refractivity contribution in [3.05, 3.63) is 0 Å². The van der Waals surface area contributed by atoms with Gasteiger partial charge in [0.05, 0.1) is 5.75 Å². The van der Waals surface area contributed by atoms with Gasteiger partial charge in [0, 0.05) is 19.6 Å². The summed E-state index contributed by atoms with van der Waals surface area (Å²) in [6, 6.07) is 0. The molecular formula is C12H27N3O2S. The summed E-state index contributed by atoms with van der Waals surface area (Å²) in [6.45, 7) is 6.84. The van der Waals surface area contributed by atoms with Crippen LogP contribution in [0, 0.1) is 0 Å². The molecule has 0 spiro atoms. The maximum absolute atomic E-state index is 12.1. The molecule has 18 heavy (non-hydrogen) atoms. The first kappa shape index (κ1) is 15.9. The highest BCUT2D eigenvalue weighted by Crippen LogP contribution is 2.10. The molecule has 1 rings (SSSR count). The number of sulfonamides is 1. The second kappa shape index (κ2) is 8.09. The quantitative estimate of drug-likeness (QED) is 0.735. The van der Waals surface area contributed by atoms with E-state index in [1.54, 1.807) is 4.31 Å². The Kier molecular flexibility index (Phi) is 7.14. The van der Waals surface area contributed by atoms with Gasteiger partial charge in [0.1, 0.15) is 0 Å². The van der Waals surface area contributed by atoms with Crippen molar-refractivity contribution in [2.24, 2.45) is 5.73 Å². The molecule has 0 bridgehead atoms. The number of unbranched alkanes of at least 4 members (excludes halogenated alkanes) is 1. The van der Waals surface area contributed by atoms with E-state index < -0.39 is 10.0 Å². The zero-order valence-corrected chi connectivity index (χ0v) is 12.3. The van der Waals surface area contributed by atoms with E-state index in [2.05, 4.69) is 4.90 Å². The molecule has 1 fully saturated rings. The van der Waals surface area contributed by atoms with Crippen molar-refractivity contribution >= 4 is 10.0 Å². The van der Waals surface area contributed by atoms with E-state index in [1.165, 1.54) is 0 Å². The summed E-state index contributed by atoms with van der Waals surface area (Å²) in [5, 5.41) is 0. The van der Waals surface area contributed by atoms with Crippen molar-refractivity contribution in [2.75, 3.05) is 45.0 Å². The second-order valence-corrected chi connectivity index (χ2v) is 6.99. The summed E-state index contributed by atoms with van der Waals surface area (Å²) >= 11 is 0. The highest BCUT2D eigenvalue weighted by molar-refractivity contribution is 7.89. The van der Waals surface area contributed by atoms with Gasteiger partial charge in [-0.2, -0.15) is 0 Å². The highest BCUT2D eigenvalue weighted by atomic mass is 32.2. The standard InChI is InChI=1S/C12H27N3O2S/c1-2-3-12-18(16,17)15-9-5-8-14(10-11-15)7-4-6-13/h2-13H2,1H3. The minimum absolute atomic E-state index is 0.298. The SMILES string of the molecule is CCCCS(=O)(=O)N1CCCN(CCCN)CC1. The molecule has 0 amide bonds. The van der Waals surface area contributed by atoms with Crippen LogP contribution in [0.1, 0.15) is 32.6 Å². The zero-order valence-electron chi connectivity index (χ0n) is 11.5. The lowest BCUT2D eigenvalue weighted by Gasteiger charge is -2.21. The Morgan fingerprint density at radius 2 is 1.89 bits per heavy atom. The molecule has 0 aliphatic carbocycles. The molecule has 0 aromatic heterocycles. The van der Waals surface area contributed by atoms with Gasteiger partial charge in [0.15, 0.2) is 0 Å². The van der Waals surface area contributed by atoms with Gasteiger partial charge < -0.3 is 10.6 Å². The molecule has 1 aliphatic rings. The maximum atomic E-state index is 12.1. The van der Waals surface area contributed by atoms with Crippen LogP contribution < -0.4 is 5.73 Å². The van der Waals surface area contributed by atoms with Crippen molar-refractivity contribution in [3.63, 3.8) is 0 Å². The van der Waals surface area contributed by atoms with Crippen molar-refractivity contribution < 1.29 is 8.42 Å². The Morgan fingerprint density at radius 1 is 1.11 bits per heavy atom. The first-order valence-electron chi connectivity index (χ1n) is 7.00. The predicted molar refractivity (Wildman–Crippen MR) is 75.0 cm³/mol. The van der Waals surface area contributed by atoms with E-state index in [4.69, 9.17) is 5.73 Å². The molecule has 0 unspecified atom stereocenters. The lowest BCUT2D eigenvalue weighted by atomic mass is 10.3. The fourth-order valence-electron chi connectivity index (χ4n) is 2.22. The summed E-state index contributed by atoms with van der Waals surface area (Å²) in [6.07, 6.45) is 3.60. The summed E-state index contributed by atoms with van der Waals surface area (Å²) in [4.78, 5) is 2.32. The topological polar surface area (TPSA) is 66.6 Å². The van der Waals surface area contributed by atoms with Gasteiger partial charge in [-0.25, -0.2) is 12.7 Å². The first-order chi connectivity index (χ1) is 8.60. The van der Waals surface area contributed by atoms with Crippen molar-refractivity contribution in [1.82, 2.24) is 9.21 Å². The number of nitrogens with zero attached hydrogens (tertiary/aromatic N) is 2. The lowest BCUT2D eigenvalue weighted by molar-refractivity contribution is 0.284. The average Bonchev–Trinajstić information content (AvgIpc) is 2.60. The molecule has 0 saturated carbocycles. The Hall–Kier alpha value is -0.170. The fourth-order valence-corrected chi connectivity index (χ4v) is 3.90. The highest BCUT2D eigenvalue weighted by Gasteiger charge is 2.24. The lowest BCUT2D eigenvalue weighted by Crippen LogP contribution is -2.37. The molecular weight excluding hydrogens is 250 g/mol. The average molecular weight is 277 g/mol. The van der Waals surface area contributed by atoms with Gasteiger partial charge in [0.25, 0.3) is 0 Å². The minimum Gasteiger partial charge on any atom is -0.330 e.